The molecule has 0 aliphatic heterocycles. The molecule has 0 aromatic rings. The van der Waals surface area contributed by atoms with Crippen LogP contribution in [0.4, 0.5) is 0 Å². The number of fused-ring (bicyclic) bond motifs is 5. The van der Waals surface area contributed by atoms with Gasteiger partial charge >= 0.3 is 0 Å². The van der Waals surface area contributed by atoms with Crippen LogP contribution in [-0.4, -0.2) is 19.1 Å². The lowest BCUT2D eigenvalue weighted by atomic mass is 9.47. The van der Waals surface area contributed by atoms with E-state index in [1.54, 1.807) is 5.57 Å². The topological polar surface area (TPSA) is 20.2 Å². The number of hydrogen-bond acceptors (Lipinski definition) is 1. The molecular weight excluding hydrogens is 339 g/mol. The van der Waals surface area contributed by atoms with Gasteiger partial charge in [0.25, 0.3) is 0 Å². The lowest BCUT2D eigenvalue weighted by Gasteiger charge is -2.58. The van der Waals surface area contributed by atoms with Crippen LogP contribution in [0.5, 0.6) is 0 Å². The van der Waals surface area contributed by atoms with Crippen molar-refractivity contribution < 1.29 is 5.11 Å². The van der Waals surface area contributed by atoms with E-state index in [1.807, 2.05) is 0 Å². The van der Waals surface area contributed by atoms with Crippen LogP contribution in [0.15, 0.2) is 11.6 Å². The Kier molecular flexibility index (Phi) is 5.84. The SMILES string of the molecule is [B]C(CCCC1CCC2C3CC=C4CC(O)CCC4(C)C3CCC12C)C(C)C. The molecule has 0 spiro atoms. The Morgan fingerprint density at radius 2 is 1.89 bits per heavy atom. The summed E-state index contributed by atoms with van der Waals surface area (Å²) in [6.45, 7) is 9.72. The average molecular weight is 382 g/mol. The fraction of sp³-hybridized carbons (Fsp3) is 0.923. The molecule has 156 valence electrons. The van der Waals surface area contributed by atoms with E-state index in [0.29, 0.717) is 22.6 Å². The molecule has 1 N–H and O–H groups in total. The van der Waals surface area contributed by atoms with Crippen LogP contribution in [0.3, 0.4) is 0 Å². The molecule has 8 atom stereocenters. The molecule has 0 amide bonds. The Morgan fingerprint density at radius 3 is 2.64 bits per heavy atom. The summed E-state index contributed by atoms with van der Waals surface area (Å²) in [5.41, 5.74) is 2.55. The van der Waals surface area contributed by atoms with Crippen molar-refractivity contribution in [1.29, 1.82) is 0 Å². The summed E-state index contributed by atoms with van der Waals surface area (Å²) in [6, 6.07) is 0. The fourth-order valence-corrected chi connectivity index (χ4v) is 8.16. The standard InChI is InChI=1S/C26H43BO/c1-17(2)24(27)7-5-6-18-9-11-22-21-10-8-19-16-20(28)12-14-26(19,4)23(21)13-15-25(18,22)3/h8,17-18,20-24,28H,5-7,9-16H2,1-4H3. The zero-order chi connectivity index (χ0) is 20.1. The van der Waals surface area contributed by atoms with Crippen LogP contribution in [0.2, 0.25) is 5.82 Å². The summed E-state index contributed by atoms with van der Waals surface area (Å²) in [7, 11) is 6.32. The predicted octanol–water partition coefficient (Wildman–Crippen LogP) is 6.71. The molecule has 28 heavy (non-hydrogen) atoms. The maximum absolute atomic E-state index is 10.2. The summed E-state index contributed by atoms with van der Waals surface area (Å²) in [5, 5.41) is 10.2. The normalized spacial score (nSPS) is 46.5. The van der Waals surface area contributed by atoms with Crippen molar-refractivity contribution in [2.45, 2.75) is 110 Å². The van der Waals surface area contributed by atoms with E-state index in [4.69, 9.17) is 7.85 Å². The van der Waals surface area contributed by atoms with Crippen molar-refractivity contribution in [3.8, 4) is 0 Å². The van der Waals surface area contributed by atoms with E-state index in [-0.39, 0.29) is 6.10 Å². The molecule has 3 fully saturated rings. The van der Waals surface area contributed by atoms with Gasteiger partial charge in [0.15, 0.2) is 0 Å². The predicted molar refractivity (Wildman–Crippen MR) is 119 cm³/mol. The van der Waals surface area contributed by atoms with Crippen LogP contribution in [0, 0.1) is 40.4 Å². The second kappa shape index (κ2) is 7.79. The summed E-state index contributed by atoms with van der Waals surface area (Å²) in [5.74, 6) is 4.60. The zero-order valence-corrected chi connectivity index (χ0v) is 18.9. The molecule has 0 bridgehead atoms. The van der Waals surface area contributed by atoms with E-state index in [1.165, 1.54) is 57.8 Å². The first kappa shape index (κ1) is 21.0. The van der Waals surface area contributed by atoms with Crippen molar-refractivity contribution in [1.82, 2.24) is 0 Å². The monoisotopic (exact) mass is 382 g/mol. The van der Waals surface area contributed by atoms with Gasteiger partial charge in [-0.25, -0.2) is 0 Å². The molecular formula is C26H43BO. The number of hydrogen-bond donors (Lipinski definition) is 1. The van der Waals surface area contributed by atoms with Crippen molar-refractivity contribution in [2.75, 3.05) is 0 Å². The van der Waals surface area contributed by atoms with Crippen molar-refractivity contribution >= 4 is 7.85 Å². The Hall–Kier alpha value is -0.235. The van der Waals surface area contributed by atoms with Crippen molar-refractivity contribution in [2.24, 2.45) is 40.4 Å². The van der Waals surface area contributed by atoms with Gasteiger partial charge < -0.3 is 5.11 Å². The molecule has 0 aromatic carbocycles. The van der Waals surface area contributed by atoms with Gasteiger partial charge in [0.2, 0.25) is 0 Å². The number of aliphatic hydroxyl groups excluding tert-OH is 1. The highest BCUT2D eigenvalue weighted by atomic mass is 16.3. The first-order valence-electron chi connectivity index (χ1n) is 12.4. The second-order valence-corrected chi connectivity index (χ2v) is 11.8. The first-order chi connectivity index (χ1) is 13.3. The molecule has 0 heterocycles. The lowest BCUT2D eigenvalue weighted by molar-refractivity contribution is -0.0508. The molecule has 3 saturated carbocycles. The smallest absolute Gasteiger partial charge is 0.0703 e. The van der Waals surface area contributed by atoms with E-state index >= 15 is 0 Å². The highest BCUT2D eigenvalue weighted by Gasteiger charge is 2.58. The minimum absolute atomic E-state index is 0.0854. The van der Waals surface area contributed by atoms with Crippen LogP contribution in [-0.2, 0) is 0 Å². The molecule has 8 unspecified atom stereocenters. The number of aliphatic hydroxyl groups is 1. The molecule has 4 aliphatic rings. The Morgan fingerprint density at radius 1 is 1.11 bits per heavy atom. The third-order valence-corrected chi connectivity index (χ3v) is 10.2. The van der Waals surface area contributed by atoms with E-state index in [9.17, 15) is 5.11 Å². The van der Waals surface area contributed by atoms with Gasteiger partial charge in [-0.1, -0.05) is 63.9 Å². The molecule has 2 radical (unpaired) electrons. The Balaban J connectivity index is 1.45. The lowest BCUT2D eigenvalue weighted by Crippen LogP contribution is -2.50. The number of rotatable bonds is 5. The maximum atomic E-state index is 10.2. The van der Waals surface area contributed by atoms with Crippen molar-refractivity contribution in [3.05, 3.63) is 11.6 Å². The Bertz CT molecular complexity index is 597. The summed E-state index contributed by atoms with van der Waals surface area (Å²) in [6.07, 6.45) is 16.6. The molecule has 2 heteroatoms. The van der Waals surface area contributed by atoms with Gasteiger partial charge in [-0.3, -0.25) is 0 Å². The molecule has 4 aliphatic carbocycles. The third-order valence-electron chi connectivity index (χ3n) is 10.2. The maximum Gasteiger partial charge on any atom is 0.0703 e. The van der Waals surface area contributed by atoms with Gasteiger partial charge in [0, 0.05) is 0 Å². The van der Waals surface area contributed by atoms with Gasteiger partial charge in [-0.2, -0.15) is 0 Å². The van der Waals surface area contributed by atoms with Crippen molar-refractivity contribution in [3.63, 3.8) is 0 Å². The molecule has 0 aromatic heterocycles. The van der Waals surface area contributed by atoms with Gasteiger partial charge in [0.05, 0.1) is 14.0 Å². The zero-order valence-electron chi connectivity index (χ0n) is 18.9. The third kappa shape index (κ3) is 3.44. The van der Waals surface area contributed by atoms with Crippen LogP contribution in [0.25, 0.3) is 0 Å². The Labute approximate surface area is 175 Å². The highest BCUT2D eigenvalue weighted by molar-refractivity contribution is 6.11. The quantitative estimate of drug-likeness (QED) is 0.414. The molecule has 4 rings (SSSR count). The minimum Gasteiger partial charge on any atom is -0.393 e. The summed E-state index contributed by atoms with van der Waals surface area (Å²) < 4.78 is 0. The van der Waals surface area contributed by atoms with Crippen LogP contribution in [0.1, 0.15) is 98.3 Å². The highest BCUT2D eigenvalue weighted by Crippen LogP contribution is 2.66. The minimum atomic E-state index is -0.0854. The second-order valence-electron chi connectivity index (χ2n) is 11.8. The number of allylic oxidation sites excluding steroid dienone is 1. The largest absolute Gasteiger partial charge is 0.393 e. The van der Waals surface area contributed by atoms with E-state index in [2.05, 4.69) is 33.8 Å². The average Bonchev–Trinajstić information content (AvgIpc) is 2.99. The molecule has 0 saturated heterocycles. The van der Waals surface area contributed by atoms with Gasteiger partial charge in [-0.15, -0.1) is 0 Å². The van der Waals surface area contributed by atoms with Crippen LogP contribution >= 0.6 is 0 Å². The summed E-state index contributed by atoms with van der Waals surface area (Å²) >= 11 is 0. The molecule has 1 nitrogen and oxygen atoms in total. The van der Waals surface area contributed by atoms with E-state index < -0.39 is 0 Å². The first-order valence-corrected chi connectivity index (χ1v) is 12.4. The van der Waals surface area contributed by atoms with Crippen LogP contribution < -0.4 is 0 Å². The fourth-order valence-electron chi connectivity index (χ4n) is 8.16. The van der Waals surface area contributed by atoms with Gasteiger partial charge in [0.1, 0.15) is 0 Å². The van der Waals surface area contributed by atoms with E-state index in [0.717, 1.165) is 36.5 Å². The summed E-state index contributed by atoms with van der Waals surface area (Å²) in [4.78, 5) is 0. The van der Waals surface area contributed by atoms with Gasteiger partial charge in [-0.05, 0) is 92.3 Å².